The molecule has 0 fully saturated rings. The van der Waals surface area contributed by atoms with Gasteiger partial charge in [-0.25, -0.2) is 0 Å². The SMILES string of the molecule is CN.CNCCOC(c1ccccc1)c1ccccc1. The van der Waals surface area contributed by atoms with E-state index in [1.165, 1.54) is 18.2 Å². The summed E-state index contributed by atoms with van der Waals surface area (Å²) in [6.45, 7) is 1.56. The Morgan fingerprint density at radius 1 is 0.900 bits per heavy atom. The van der Waals surface area contributed by atoms with E-state index in [4.69, 9.17) is 4.74 Å². The fourth-order valence-electron chi connectivity index (χ4n) is 1.92. The fourth-order valence-corrected chi connectivity index (χ4v) is 1.92. The van der Waals surface area contributed by atoms with Crippen LogP contribution in [0.2, 0.25) is 0 Å². The molecule has 0 saturated heterocycles. The van der Waals surface area contributed by atoms with E-state index in [1.807, 2.05) is 43.4 Å². The quantitative estimate of drug-likeness (QED) is 0.795. The van der Waals surface area contributed by atoms with Crippen LogP contribution in [0.4, 0.5) is 0 Å². The van der Waals surface area contributed by atoms with E-state index in [2.05, 4.69) is 35.3 Å². The molecule has 0 aromatic heterocycles. The van der Waals surface area contributed by atoms with Crippen molar-refractivity contribution >= 4 is 0 Å². The number of nitrogens with one attached hydrogen (secondary N) is 1. The molecule has 0 bridgehead atoms. The summed E-state index contributed by atoms with van der Waals surface area (Å²) >= 11 is 0. The molecule has 0 aliphatic rings. The van der Waals surface area contributed by atoms with Crippen LogP contribution in [0, 0.1) is 0 Å². The smallest absolute Gasteiger partial charge is 0.108 e. The Balaban J connectivity index is 0.000000956. The van der Waals surface area contributed by atoms with E-state index in [9.17, 15) is 0 Å². The van der Waals surface area contributed by atoms with Crippen LogP contribution in [0.1, 0.15) is 17.2 Å². The van der Waals surface area contributed by atoms with E-state index in [-0.39, 0.29) is 6.10 Å². The van der Waals surface area contributed by atoms with Gasteiger partial charge in [0.1, 0.15) is 6.10 Å². The summed E-state index contributed by atoms with van der Waals surface area (Å²) in [6, 6.07) is 20.7. The van der Waals surface area contributed by atoms with Crippen LogP contribution in [-0.2, 0) is 4.74 Å². The minimum absolute atomic E-state index is 0.0146. The Labute approximate surface area is 121 Å². The van der Waals surface area contributed by atoms with Gasteiger partial charge in [0.05, 0.1) is 6.61 Å². The highest BCUT2D eigenvalue weighted by Crippen LogP contribution is 2.25. The molecule has 0 aliphatic carbocycles. The van der Waals surface area contributed by atoms with Gasteiger partial charge in [-0.2, -0.15) is 0 Å². The molecule has 2 rings (SSSR count). The lowest BCUT2D eigenvalue weighted by atomic mass is 10.0. The summed E-state index contributed by atoms with van der Waals surface area (Å²) in [7, 11) is 3.43. The van der Waals surface area contributed by atoms with Crippen molar-refractivity contribution in [3.05, 3.63) is 71.8 Å². The Hall–Kier alpha value is -1.68. The second kappa shape index (κ2) is 10.1. The van der Waals surface area contributed by atoms with Gasteiger partial charge >= 0.3 is 0 Å². The first-order valence-corrected chi connectivity index (χ1v) is 6.85. The van der Waals surface area contributed by atoms with E-state index >= 15 is 0 Å². The van der Waals surface area contributed by atoms with Gasteiger partial charge in [0.2, 0.25) is 0 Å². The monoisotopic (exact) mass is 272 g/mol. The number of benzene rings is 2. The summed E-state index contributed by atoms with van der Waals surface area (Å²) in [5.41, 5.74) is 6.89. The second-order valence-corrected chi connectivity index (χ2v) is 4.18. The number of ether oxygens (including phenoxy) is 1. The molecule has 0 aliphatic heterocycles. The van der Waals surface area contributed by atoms with Crippen LogP contribution in [0.15, 0.2) is 60.7 Å². The Morgan fingerprint density at radius 3 is 1.75 bits per heavy atom. The molecule has 0 atom stereocenters. The summed E-state index contributed by atoms with van der Waals surface area (Å²) in [6.07, 6.45) is 0.0146. The van der Waals surface area contributed by atoms with E-state index in [0.29, 0.717) is 6.61 Å². The van der Waals surface area contributed by atoms with Crippen LogP contribution >= 0.6 is 0 Å². The van der Waals surface area contributed by atoms with Gasteiger partial charge in [-0.05, 0) is 25.2 Å². The van der Waals surface area contributed by atoms with E-state index < -0.39 is 0 Å². The molecule has 3 N–H and O–H groups in total. The third-order valence-corrected chi connectivity index (χ3v) is 2.84. The highest BCUT2D eigenvalue weighted by molar-refractivity contribution is 5.29. The zero-order chi connectivity index (χ0) is 14.6. The molecule has 0 heterocycles. The highest BCUT2D eigenvalue weighted by Gasteiger charge is 2.13. The van der Waals surface area contributed by atoms with Gasteiger partial charge in [0, 0.05) is 6.54 Å². The van der Waals surface area contributed by atoms with Crippen molar-refractivity contribution in [3.63, 3.8) is 0 Å². The first-order chi connectivity index (χ1) is 9.92. The average molecular weight is 272 g/mol. The van der Waals surface area contributed by atoms with Gasteiger partial charge in [-0.1, -0.05) is 60.7 Å². The molecule has 0 radical (unpaired) electrons. The molecule has 108 valence electrons. The molecule has 3 heteroatoms. The number of hydrogen-bond acceptors (Lipinski definition) is 3. The number of nitrogens with two attached hydrogens (primary N) is 1. The van der Waals surface area contributed by atoms with Crippen molar-refractivity contribution < 1.29 is 4.74 Å². The maximum absolute atomic E-state index is 5.99. The first-order valence-electron chi connectivity index (χ1n) is 6.85. The summed E-state index contributed by atoms with van der Waals surface area (Å²) in [4.78, 5) is 0. The molecule has 2 aromatic rings. The van der Waals surface area contributed by atoms with Gasteiger partial charge < -0.3 is 15.8 Å². The highest BCUT2D eigenvalue weighted by atomic mass is 16.5. The topological polar surface area (TPSA) is 47.3 Å². The van der Waals surface area contributed by atoms with Crippen molar-refractivity contribution in [3.8, 4) is 0 Å². The Bertz CT molecular complexity index is 406. The maximum atomic E-state index is 5.99. The van der Waals surface area contributed by atoms with Crippen molar-refractivity contribution in [2.24, 2.45) is 5.73 Å². The molecule has 0 saturated carbocycles. The minimum Gasteiger partial charge on any atom is -0.367 e. The van der Waals surface area contributed by atoms with Crippen LogP contribution < -0.4 is 11.1 Å². The molecule has 3 nitrogen and oxygen atoms in total. The van der Waals surface area contributed by atoms with Crippen LogP contribution in [-0.4, -0.2) is 27.2 Å². The molecule has 2 aromatic carbocycles. The third-order valence-electron chi connectivity index (χ3n) is 2.84. The normalized spacial score (nSPS) is 10.0. The van der Waals surface area contributed by atoms with Crippen LogP contribution in [0.3, 0.4) is 0 Å². The number of hydrogen-bond donors (Lipinski definition) is 2. The fraction of sp³-hybridized carbons (Fsp3) is 0.294. The standard InChI is InChI=1S/C16H19NO.CH5N/c1-17-12-13-18-16(14-8-4-2-5-9-14)15-10-6-3-7-11-15;1-2/h2-11,16-17H,12-13H2,1H3;2H2,1H3. The van der Waals surface area contributed by atoms with E-state index in [1.54, 1.807) is 0 Å². The lowest BCUT2D eigenvalue weighted by Crippen LogP contribution is -2.17. The minimum atomic E-state index is 0.0146. The zero-order valence-electron chi connectivity index (χ0n) is 12.3. The third kappa shape index (κ3) is 5.13. The predicted molar refractivity (Wildman–Crippen MR) is 84.7 cm³/mol. The summed E-state index contributed by atoms with van der Waals surface area (Å²) < 4.78 is 5.99. The maximum Gasteiger partial charge on any atom is 0.108 e. The number of rotatable bonds is 6. The molecule has 20 heavy (non-hydrogen) atoms. The van der Waals surface area contributed by atoms with Crippen LogP contribution in [0.25, 0.3) is 0 Å². The van der Waals surface area contributed by atoms with Crippen molar-refractivity contribution in [2.45, 2.75) is 6.10 Å². The van der Waals surface area contributed by atoms with Crippen molar-refractivity contribution in [2.75, 3.05) is 27.2 Å². The summed E-state index contributed by atoms with van der Waals surface area (Å²) in [5, 5.41) is 3.10. The molecule has 0 amide bonds. The Kier molecular flexibility index (Phi) is 8.31. The second-order valence-electron chi connectivity index (χ2n) is 4.18. The van der Waals surface area contributed by atoms with Gasteiger partial charge in [0.25, 0.3) is 0 Å². The van der Waals surface area contributed by atoms with Gasteiger partial charge in [-0.3, -0.25) is 0 Å². The predicted octanol–water partition coefficient (Wildman–Crippen LogP) is 2.59. The molecular formula is C17H24N2O. The van der Waals surface area contributed by atoms with Crippen molar-refractivity contribution in [1.29, 1.82) is 0 Å². The number of likely N-dealkylation sites (N-methyl/N-ethyl adjacent to an activating group) is 1. The zero-order valence-corrected chi connectivity index (χ0v) is 12.3. The van der Waals surface area contributed by atoms with E-state index in [0.717, 1.165) is 6.54 Å². The largest absolute Gasteiger partial charge is 0.367 e. The van der Waals surface area contributed by atoms with Crippen LogP contribution in [0.5, 0.6) is 0 Å². The molecule has 0 spiro atoms. The Morgan fingerprint density at radius 2 is 1.35 bits per heavy atom. The molecule has 0 unspecified atom stereocenters. The van der Waals surface area contributed by atoms with Crippen molar-refractivity contribution in [1.82, 2.24) is 5.32 Å². The first kappa shape index (κ1) is 16.4. The average Bonchev–Trinajstić information content (AvgIpc) is 2.55. The summed E-state index contributed by atoms with van der Waals surface area (Å²) in [5.74, 6) is 0. The lowest BCUT2D eigenvalue weighted by Gasteiger charge is -2.18. The molecular weight excluding hydrogens is 248 g/mol. The lowest BCUT2D eigenvalue weighted by molar-refractivity contribution is 0.0831. The van der Waals surface area contributed by atoms with Gasteiger partial charge in [0.15, 0.2) is 0 Å². The van der Waals surface area contributed by atoms with Gasteiger partial charge in [-0.15, -0.1) is 0 Å².